The Balaban J connectivity index is 2.38. The first-order valence-electron chi connectivity index (χ1n) is 6.17. The Morgan fingerprint density at radius 2 is 2.11 bits per heavy atom. The molecule has 0 N–H and O–H groups in total. The molecular weight excluding hydrogens is 260 g/mol. The van der Waals surface area contributed by atoms with Crippen molar-refractivity contribution in [2.45, 2.75) is 33.1 Å². The van der Waals surface area contributed by atoms with Crippen LogP contribution in [0.3, 0.4) is 0 Å². The van der Waals surface area contributed by atoms with E-state index in [4.69, 9.17) is 16.9 Å². The number of nitriles is 1. The fourth-order valence-corrected chi connectivity index (χ4v) is 2.61. The molecule has 1 aliphatic rings. The average molecular weight is 275 g/mol. The molecule has 1 aromatic carbocycles. The third-order valence-electron chi connectivity index (χ3n) is 3.12. The van der Waals surface area contributed by atoms with Gasteiger partial charge in [0.25, 0.3) is 0 Å². The maximum atomic E-state index is 11.7. The number of carbonyl (C=O) groups is 1. The highest BCUT2D eigenvalue weighted by molar-refractivity contribution is 6.30. The number of benzene rings is 1. The number of Topliss-reactive ketones (excluding diaryl/α,β-unsaturated/α-hetero) is 1. The van der Waals surface area contributed by atoms with Crippen molar-refractivity contribution in [2.24, 2.45) is 10.4 Å². The molecule has 98 valence electrons. The van der Waals surface area contributed by atoms with Crippen LogP contribution in [0.5, 0.6) is 0 Å². The van der Waals surface area contributed by atoms with Crippen LogP contribution in [0.25, 0.3) is 0 Å². The zero-order valence-corrected chi connectivity index (χ0v) is 11.8. The molecule has 0 spiro atoms. The number of carbonyl (C=O) groups excluding carboxylic acids is 1. The van der Waals surface area contributed by atoms with Crippen LogP contribution in [0.15, 0.2) is 23.2 Å². The summed E-state index contributed by atoms with van der Waals surface area (Å²) in [5.41, 5.74) is 1.81. The summed E-state index contributed by atoms with van der Waals surface area (Å²) in [5, 5.41) is 9.61. The minimum Gasteiger partial charge on any atom is -0.299 e. The summed E-state index contributed by atoms with van der Waals surface area (Å²) < 4.78 is 0. The van der Waals surface area contributed by atoms with E-state index >= 15 is 0 Å². The number of halogens is 1. The number of nitrogens with zero attached hydrogens (tertiary/aromatic N) is 2. The molecular formula is C15H15ClN2O. The van der Waals surface area contributed by atoms with Gasteiger partial charge in [0.2, 0.25) is 0 Å². The van der Waals surface area contributed by atoms with E-state index in [9.17, 15) is 4.79 Å². The zero-order chi connectivity index (χ0) is 14.0. The lowest BCUT2D eigenvalue weighted by molar-refractivity contribution is -0.120. The van der Waals surface area contributed by atoms with Crippen molar-refractivity contribution in [1.29, 1.82) is 5.26 Å². The Labute approximate surface area is 117 Å². The van der Waals surface area contributed by atoms with Crippen LogP contribution < -0.4 is 0 Å². The molecule has 0 radical (unpaired) electrons. The lowest BCUT2D eigenvalue weighted by atomic mass is 9.76. The van der Waals surface area contributed by atoms with Crippen molar-refractivity contribution in [3.05, 3.63) is 28.8 Å². The maximum absolute atomic E-state index is 11.7. The second-order valence-corrected chi connectivity index (χ2v) is 6.12. The minimum atomic E-state index is -0.0560. The number of hydrogen-bond acceptors (Lipinski definition) is 3. The Bertz CT molecular complexity index is 597. The van der Waals surface area contributed by atoms with Crippen LogP contribution in [0.2, 0.25) is 5.02 Å². The maximum Gasteiger partial charge on any atom is 0.139 e. The zero-order valence-electron chi connectivity index (χ0n) is 11.0. The third kappa shape index (κ3) is 3.42. The number of rotatable bonds is 1. The fraction of sp³-hybridized carbons (Fsp3) is 0.400. The summed E-state index contributed by atoms with van der Waals surface area (Å²) in [5.74, 6) is 0.204. The smallest absolute Gasteiger partial charge is 0.139 e. The molecule has 0 saturated heterocycles. The van der Waals surface area contributed by atoms with Gasteiger partial charge in [-0.25, -0.2) is 0 Å². The molecule has 4 heteroatoms. The topological polar surface area (TPSA) is 53.2 Å². The molecule has 2 rings (SSSR count). The highest BCUT2D eigenvalue weighted by Crippen LogP contribution is 2.33. The molecule has 0 bridgehead atoms. The molecule has 0 aromatic heterocycles. The van der Waals surface area contributed by atoms with Crippen molar-refractivity contribution in [1.82, 2.24) is 0 Å². The second-order valence-electron chi connectivity index (χ2n) is 5.68. The lowest BCUT2D eigenvalue weighted by Crippen LogP contribution is -2.28. The van der Waals surface area contributed by atoms with E-state index in [1.165, 1.54) is 0 Å². The quantitative estimate of drug-likeness (QED) is 0.775. The van der Waals surface area contributed by atoms with Gasteiger partial charge in [0, 0.05) is 23.6 Å². The SMILES string of the molecule is CC1(C)CC(=O)CC(=Nc2cc(Cl)ccc2C#N)C1. The number of aliphatic imine (C=N–C) groups is 1. The normalized spacial score (nSPS) is 20.3. The van der Waals surface area contributed by atoms with Gasteiger partial charge in [0.15, 0.2) is 0 Å². The fourth-order valence-electron chi connectivity index (χ4n) is 2.44. The van der Waals surface area contributed by atoms with Crippen molar-refractivity contribution < 1.29 is 4.79 Å². The molecule has 19 heavy (non-hydrogen) atoms. The number of hydrogen-bond donors (Lipinski definition) is 0. The predicted molar refractivity (Wildman–Crippen MR) is 75.9 cm³/mol. The van der Waals surface area contributed by atoms with Crippen LogP contribution in [0.1, 0.15) is 38.7 Å². The van der Waals surface area contributed by atoms with E-state index in [0.717, 1.165) is 12.1 Å². The van der Waals surface area contributed by atoms with E-state index < -0.39 is 0 Å². The standard InChI is InChI=1S/C15H15ClN2O/c1-15(2)7-12(6-13(19)8-15)18-14-5-11(16)4-3-10(14)9-17/h3-5H,6-8H2,1-2H3. The molecule has 1 aliphatic carbocycles. The minimum absolute atomic E-state index is 0.0560. The van der Waals surface area contributed by atoms with Crippen LogP contribution in [-0.4, -0.2) is 11.5 Å². The summed E-state index contributed by atoms with van der Waals surface area (Å²) in [6.45, 7) is 4.12. The van der Waals surface area contributed by atoms with Crippen molar-refractivity contribution in [3.8, 4) is 6.07 Å². The van der Waals surface area contributed by atoms with Gasteiger partial charge in [-0.05, 0) is 30.0 Å². The van der Waals surface area contributed by atoms with Gasteiger partial charge in [-0.1, -0.05) is 25.4 Å². The first-order chi connectivity index (χ1) is 8.89. The summed E-state index contributed by atoms with van der Waals surface area (Å²) in [7, 11) is 0. The molecule has 0 atom stereocenters. The first kappa shape index (κ1) is 13.8. The molecule has 0 aliphatic heterocycles. The summed E-state index contributed by atoms with van der Waals surface area (Å²) in [6.07, 6.45) is 1.74. The van der Waals surface area contributed by atoms with E-state index in [2.05, 4.69) is 24.9 Å². The highest BCUT2D eigenvalue weighted by atomic mass is 35.5. The molecule has 1 fully saturated rings. The first-order valence-corrected chi connectivity index (χ1v) is 6.55. The second kappa shape index (κ2) is 5.14. The largest absolute Gasteiger partial charge is 0.299 e. The molecule has 1 saturated carbocycles. The molecule has 1 aromatic rings. The van der Waals surface area contributed by atoms with E-state index in [0.29, 0.717) is 29.1 Å². The van der Waals surface area contributed by atoms with Crippen LogP contribution >= 0.6 is 11.6 Å². The van der Waals surface area contributed by atoms with E-state index in [1.807, 2.05) is 0 Å². The Kier molecular flexibility index (Phi) is 3.73. The van der Waals surface area contributed by atoms with Crippen LogP contribution in [0, 0.1) is 16.7 Å². The Morgan fingerprint density at radius 3 is 2.74 bits per heavy atom. The van der Waals surface area contributed by atoms with Gasteiger partial charge in [-0.15, -0.1) is 0 Å². The van der Waals surface area contributed by atoms with Gasteiger partial charge in [0.1, 0.15) is 11.9 Å². The van der Waals surface area contributed by atoms with Crippen molar-refractivity contribution >= 4 is 28.8 Å². The summed E-state index contributed by atoms with van der Waals surface area (Å²) in [6, 6.07) is 7.08. The van der Waals surface area contributed by atoms with Gasteiger partial charge in [-0.3, -0.25) is 9.79 Å². The van der Waals surface area contributed by atoms with Gasteiger partial charge < -0.3 is 0 Å². The Morgan fingerprint density at radius 1 is 1.37 bits per heavy atom. The molecule has 3 nitrogen and oxygen atoms in total. The molecule has 0 heterocycles. The third-order valence-corrected chi connectivity index (χ3v) is 3.35. The van der Waals surface area contributed by atoms with Crippen LogP contribution in [0.4, 0.5) is 5.69 Å². The molecule has 0 amide bonds. The van der Waals surface area contributed by atoms with Crippen LogP contribution in [-0.2, 0) is 4.79 Å². The summed E-state index contributed by atoms with van der Waals surface area (Å²) in [4.78, 5) is 16.2. The summed E-state index contributed by atoms with van der Waals surface area (Å²) >= 11 is 5.93. The van der Waals surface area contributed by atoms with Crippen molar-refractivity contribution in [3.63, 3.8) is 0 Å². The lowest BCUT2D eigenvalue weighted by Gasteiger charge is -2.29. The Hall–Kier alpha value is -1.66. The highest BCUT2D eigenvalue weighted by Gasteiger charge is 2.30. The monoisotopic (exact) mass is 274 g/mol. The van der Waals surface area contributed by atoms with Crippen molar-refractivity contribution in [2.75, 3.05) is 0 Å². The van der Waals surface area contributed by atoms with E-state index in [-0.39, 0.29) is 11.2 Å². The van der Waals surface area contributed by atoms with Gasteiger partial charge >= 0.3 is 0 Å². The predicted octanol–water partition coefficient (Wildman–Crippen LogP) is 4.06. The number of ketones is 1. The molecule has 0 unspecified atom stereocenters. The van der Waals surface area contributed by atoms with Gasteiger partial charge in [-0.2, -0.15) is 5.26 Å². The average Bonchev–Trinajstić information content (AvgIpc) is 2.26. The van der Waals surface area contributed by atoms with E-state index in [1.54, 1.807) is 18.2 Å². The van der Waals surface area contributed by atoms with Gasteiger partial charge in [0.05, 0.1) is 11.3 Å².